The fourth-order valence-electron chi connectivity index (χ4n) is 2.55. The molecule has 1 aliphatic heterocycles. The van der Waals surface area contributed by atoms with Crippen molar-refractivity contribution in [3.8, 4) is 0 Å². The van der Waals surface area contributed by atoms with Crippen molar-refractivity contribution in [1.29, 1.82) is 0 Å². The van der Waals surface area contributed by atoms with E-state index >= 15 is 0 Å². The predicted octanol–water partition coefficient (Wildman–Crippen LogP) is 2.74. The van der Waals surface area contributed by atoms with Crippen molar-refractivity contribution in [3.05, 3.63) is 60.2 Å². The van der Waals surface area contributed by atoms with E-state index in [1.165, 1.54) is 4.90 Å². The summed E-state index contributed by atoms with van der Waals surface area (Å²) >= 11 is 0. The van der Waals surface area contributed by atoms with Crippen LogP contribution in [-0.4, -0.2) is 17.9 Å². The molecule has 1 fully saturated rings. The van der Waals surface area contributed by atoms with Crippen LogP contribution in [-0.2, 0) is 9.59 Å². The molecule has 0 aromatic heterocycles. The second-order valence-electron chi connectivity index (χ2n) is 5.12. The van der Waals surface area contributed by atoms with Gasteiger partial charge in [-0.2, -0.15) is 0 Å². The molecule has 2 amide bonds. The van der Waals surface area contributed by atoms with Crippen molar-refractivity contribution < 1.29 is 9.59 Å². The van der Waals surface area contributed by atoms with Crippen molar-refractivity contribution >= 4 is 23.2 Å². The molecule has 1 saturated heterocycles. The summed E-state index contributed by atoms with van der Waals surface area (Å²) in [6.45, 7) is 1.90. The lowest BCUT2D eigenvalue weighted by Crippen LogP contribution is -2.35. The lowest BCUT2D eigenvalue weighted by Gasteiger charge is -2.18. The van der Waals surface area contributed by atoms with Gasteiger partial charge in [-0.3, -0.25) is 9.59 Å². The molecule has 0 bridgehead atoms. The van der Waals surface area contributed by atoms with Crippen molar-refractivity contribution in [1.82, 2.24) is 0 Å². The Morgan fingerprint density at radius 3 is 2.38 bits per heavy atom. The van der Waals surface area contributed by atoms with E-state index in [4.69, 9.17) is 0 Å². The largest absolute Gasteiger partial charge is 0.373 e. The smallest absolute Gasteiger partial charge is 0.256 e. The molecule has 106 valence electrons. The number of anilines is 2. The van der Waals surface area contributed by atoms with Gasteiger partial charge in [-0.15, -0.1) is 0 Å². The summed E-state index contributed by atoms with van der Waals surface area (Å²) < 4.78 is 0. The molecule has 1 aliphatic rings. The molecular formula is C17H16N2O2. The number of rotatable bonds is 3. The van der Waals surface area contributed by atoms with Crippen LogP contribution in [0, 0.1) is 6.92 Å². The zero-order valence-electron chi connectivity index (χ0n) is 11.7. The van der Waals surface area contributed by atoms with Gasteiger partial charge >= 0.3 is 0 Å². The molecule has 2 aromatic carbocycles. The lowest BCUT2D eigenvalue weighted by molar-refractivity contribution is -0.121. The average Bonchev–Trinajstić information content (AvgIpc) is 2.76. The zero-order chi connectivity index (χ0) is 14.8. The van der Waals surface area contributed by atoms with Gasteiger partial charge in [0.15, 0.2) is 0 Å². The summed E-state index contributed by atoms with van der Waals surface area (Å²) in [5, 5.41) is 3.13. The normalized spacial score (nSPS) is 18.1. The number of para-hydroxylation sites is 2. The Labute approximate surface area is 123 Å². The van der Waals surface area contributed by atoms with Crippen LogP contribution in [0.15, 0.2) is 54.6 Å². The Kier molecular flexibility index (Phi) is 3.44. The third kappa shape index (κ3) is 2.52. The van der Waals surface area contributed by atoms with E-state index < -0.39 is 6.04 Å². The van der Waals surface area contributed by atoms with Gasteiger partial charge in [0, 0.05) is 5.69 Å². The molecule has 4 heteroatoms. The maximum Gasteiger partial charge on any atom is 0.256 e. The first-order valence-corrected chi connectivity index (χ1v) is 6.91. The van der Waals surface area contributed by atoms with E-state index in [9.17, 15) is 9.59 Å². The molecule has 1 heterocycles. The van der Waals surface area contributed by atoms with Crippen molar-refractivity contribution in [2.75, 3.05) is 10.2 Å². The number of carbonyl (C=O) groups excluding carboxylic acids is 2. The highest BCUT2D eigenvalue weighted by atomic mass is 16.2. The van der Waals surface area contributed by atoms with Crippen molar-refractivity contribution in [2.24, 2.45) is 0 Å². The fraction of sp³-hybridized carbons (Fsp3) is 0.176. The first kappa shape index (κ1) is 13.4. The number of hydrogen-bond donors (Lipinski definition) is 1. The third-order valence-corrected chi connectivity index (χ3v) is 3.62. The van der Waals surface area contributed by atoms with Crippen LogP contribution in [0.4, 0.5) is 11.4 Å². The molecule has 21 heavy (non-hydrogen) atoms. The Hall–Kier alpha value is -2.62. The highest BCUT2D eigenvalue weighted by Crippen LogP contribution is 2.27. The summed E-state index contributed by atoms with van der Waals surface area (Å²) in [6.07, 6.45) is 0.183. The molecule has 1 atom stereocenters. The minimum absolute atomic E-state index is 0.164. The molecule has 1 N–H and O–H groups in total. The minimum Gasteiger partial charge on any atom is -0.373 e. The van der Waals surface area contributed by atoms with Gasteiger partial charge in [0.25, 0.3) is 5.91 Å². The van der Waals surface area contributed by atoms with Crippen LogP contribution in [0.2, 0.25) is 0 Å². The lowest BCUT2D eigenvalue weighted by atomic mass is 10.2. The van der Waals surface area contributed by atoms with E-state index in [0.717, 1.165) is 11.3 Å². The van der Waals surface area contributed by atoms with Crippen LogP contribution >= 0.6 is 0 Å². The summed E-state index contributed by atoms with van der Waals surface area (Å²) in [5.41, 5.74) is 2.43. The van der Waals surface area contributed by atoms with E-state index in [0.29, 0.717) is 5.69 Å². The average molecular weight is 280 g/mol. The van der Waals surface area contributed by atoms with Gasteiger partial charge in [-0.05, 0) is 30.7 Å². The Morgan fingerprint density at radius 2 is 1.67 bits per heavy atom. The first-order valence-electron chi connectivity index (χ1n) is 6.91. The number of imide groups is 1. The van der Waals surface area contributed by atoms with Crippen molar-refractivity contribution in [3.63, 3.8) is 0 Å². The van der Waals surface area contributed by atoms with Gasteiger partial charge in [0.05, 0.1) is 12.1 Å². The monoisotopic (exact) mass is 280 g/mol. The van der Waals surface area contributed by atoms with Gasteiger partial charge < -0.3 is 5.32 Å². The number of nitrogens with one attached hydrogen (secondary N) is 1. The Bertz CT molecular complexity index is 682. The van der Waals surface area contributed by atoms with Gasteiger partial charge in [0.1, 0.15) is 6.04 Å². The topological polar surface area (TPSA) is 49.4 Å². The van der Waals surface area contributed by atoms with Crippen LogP contribution in [0.3, 0.4) is 0 Å². The van der Waals surface area contributed by atoms with E-state index in [1.54, 1.807) is 6.07 Å². The summed E-state index contributed by atoms with van der Waals surface area (Å²) in [7, 11) is 0. The van der Waals surface area contributed by atoms with Crippen molar-refractivity contribution in [2.45, 2.75) is 19.4 Å². The quantitative estimate of drug-likeness (QED) is 0.879. The minimum atomic E-state index is -0.500. The van der Waals surface area contributed by atoms with Crippen LogP contribution < -0.4 is 10.2 Å². The van der Waals surface area contributed by atoms with Gasteiger partial charge in [-0.1, -0.05) is 36.4 Å². The molecule has 0 saturated carbocycles. The first-order chi connectivity index (χ1) is 10.2. The molecule has 2 aromatic rings. The number of carbonyl (C=O) groups is 2. The van der Waals surface area contributed by atoms with Gasteiger partial charge in [0.2, 0.25) is 5.91 Å². The highest BCUT2D eigenvalue weighted by molar-refractivity contribution is 6.23. The van der Waals surface area contributed by atoms with Gasteiger partial charge in [-0.25, -0.2) is 4.90 Å². The number of nitrogens with zero attached hydrogens (tertiary/aromatic N) is 1. The molecule has 0 unspecified atom stereocenters. The summed E-state index contributed by atoms with van der Waals surface area (Å²) in [4.78, 5) is 26.0. The highest BCUT2D eigenvalue weighted by Gasteiger charge is 2.39. The van der Waals surface area contributed by atoms with E-state index in [1.807, 2.05) is 55.5 Å². The number of hydrogen-bond acceptors (Lipinski definition) is 3. The third-order valence-electron chi connectivity index (χ3n) is 3.62. The van der Waals surface area contributed by atoms with E-state index in [2.05, 4.69) is 5.32 Å². The number of benzene rings is 2. The molecule has 0 aliphatic carbocycles. The fourth-order valence-corrected chi connectivity index (χ4v) is 2.55. The maximum absolute atomic E-state index is 12.5. The van der Waals surface area contributed by atoms with Crippen LogP contribution in [0.5, 0.6) is 0 Å². The zero-order valence-corrected chi connectivity index (χ0v) is 11.7. The number of amides is 2. The maximum atomic E-state index is 12.5. The standard InChI is InChI=1S/C17H16N2O2/c1-12-7-5-6-10-15(12)19-16(20)11-14(17(19)21)18-13-8-3-2-4-9-13/h2-10,14,18H,11H2,1H3/t14-/m1/s1. The SMILES string of the molecule is Cc1ccccc1N1C(=O)C[C@@H](Nc2ccccc2)C1=O. The Morgan fingerprint density at radius 1 is 1.00 bits per heavy atom. The molecule has 4 nitrogen and oxygen atoms in total. The summed E-state index contributed by atoms with van der Waals surface area (Å²) in [5.74, 6) is -0.360. The second kappa shape index (κ2) is 5.40. The molecular weight excluding hydrogens is 264 g/mol. The molecule has 0 spiro atoms. The Balaban J connectivity index is 1.84. The van der Waals surface area contributed by atoms with Crippen LogP contribution in [0.1, 0.15) is 12.0 Å². The molecule has 3 rings (SSSR count). The number of aryl methyl sites for hydroxylation is 1. The summed E-state index contributed by atoms with van der Waals surface area (Å²) in [6, 6.07) is 16.4. The van der Waals surface area contributed by atoms with Crippen LogP contribution in [0.25, 0.3) is 0 Å². The second-order valence-corrected chi connectivity index (χ2v) is 5.12. The predicted molar refractivity (Wildman–Crippen MR) is 82.1 cm³/mol. The van der Waals surface area contributed by atoms with E-state index in [-0.39, 0.29) is 18.2 Å². The molecule has 0 radical (unpaired) electrons.